The first kappa shape index (κ1) is 17.6. The van der Waals surface area contributed by atoms with Crippen LogP contribution in [-0.4, -0.2) is 41.3 Å². The number of alkyl carbamates (subject to hydrolysis) is 1. The molecule has 1 amide bonds. The number of carbonyl (C=O) groups excluding carboxylic acids is 1. The van der Waals surface area contributed by atoms with Crippen LogP contribution in [0.2, 0.25) is 0 Å². The zero-order chi connectivity index (χ0) is 15.2. The van der Waals surface area contributed by atoms with E-state index in [4.69, 9.17) is 4.74 Å². The smallest absolute Gasteiger partial charge is 0.407 e. The molecule has 118 valence electrons. The molecule has 1 rings (SSSR count). The van der Waals surface area contributed by atoms with Crippen molar-refractivity contribution in [1.82, 2.24) is 10.6 Å². The van der Waals surface area contributed by atoms with Gasteiger partial charge in [-0.05, 0) is 52.7 Å². The van der Waals surface area contributed by atoms with Gasteiger partial charge in [0, 0.05) is 23.9 Å². The third-order valence-electron chi connectivity index (χ3n) is 3.26. The van der Waals surface area contributed by atoms with E-state index < -0.39 is 5.60 Å². The summed E-state index contributed by atoms with van der Waals surface area (Å²) in [6.07, 6.45) is 3.46. The maximum atomic E-state index is 11.6. The minimum absolute atomic E-state index is 0.276. The Bertz CT molecular complexity index is 305. The van der Waals surface area contributed by atoms with Gasteiger partial charge in [-0.3, -0.25) is 0 Å². The monoisotopic (exact) mass is 302 g/mol. The molecule has 0 aromatic rings. The number of amides is 1. The van der Waals surface area contributed by atoms with Gasteiger partial charge in [0.15, 0.2) is 0 Å². The molecule has 2 N–H and O–H groups in total. The molecule has 0 aliphatic heterocycles. The molecule has 1 aliphatic rings. The zero-order valence-electron chi connectivity index (χ0n) is 13.5. The highest BCUT2D eigenvalue weighted by atomic mass is 32.2. The molecule has 0 aromatic carbocycles. The van der Waals surface area contributed by atoms with Gasteiger partial charge in [-0.2, -0.15) is 11.8 Å². The molecule has 3 unspecified atom stereocenters. The van der Waals surface area contributed by atoms with Crippen molar-refractivity contribution in [1.29, 1.82) is 0 Å². The standard InChI is InChI=1S/C15H30N2O2S/c1-6-20-13-8-7-12(9-13)17-11(2)10-16-14(18)19-15(3,4)5/h11-13,17H,6-10H2,1-5H3,(H,16,18). The highest BCUT2D eigenvalue weighted by Gasteiger charge is 2.25. The molecule has 3 atom stereocenters. The third kappa shape index (κ3) is 7.39. The van der Waals surface area contributed by atoms with Crippen LogP contribution in [0.5, 0.6) is 0 Å². The van der Waals surface area contributed by atoms with Crippen molar-refractivity contribution in [2.75, 3.05) is 12.3 Å². The second kappa shape index (κ2) is 8.13. The molecule has 0 heterocycles. The van der Waals surface area contributed by atoms with E-state index in [9.17, 15) is 4.79 Å². The summed E-state index contributed by atoms with van der Waals surface area (Å²) in [6, 6.07) is 0.868. The molecule has 0 spiro atoms. The van der Waals surface area contributed by atoms with Gasteiger partial charge in [0.25, 0.3) is 0 Å². The Balaban J connectivity index is 2.18. The van der Waals surface area contributed by atoms with Crippen LogP contribution in [0.25, 0.3) is 0 Å². The molecular formula is C15H30N2O2S. The van der Waals surface area contributed by atoms with Crippen molar-refractivity contribution in [2.24, 2.45) is 0 Å². The van der Waals surface area contributed by atoms with Crippen molar-refractivity contribution < 1.29 is 9.53 Å². The van der Waals surface area contributed by atoms with Crippen LogP contribution >= 0.6 is 11.8 Å². The first-order valence-electron chi connectivity index (χ1n) is 7.64. The van der Waals surface area contributed by atoms with Gasteiger partial charge in [0.1, 0.15) is 5.60 Å². The fourth-order valence-electron chi connectivity index (χ4n) is 2.49. The first-order chi connectivity index (χ1) is 9.30. The molecule has 0 bridgehead atoms. The van der Waals surface area contributed by atoms with E-state index in [1.54, 1.807) is 0 Å². The van der Waals surface area contributed by atoms with Gasteiger partial charge in [0.2, 0.25) is 0 Å². The second-order valence-electron chi connectivity index (χ2n) is 6.54. The fraction of sp³-hybridized carbons (Fsp3) is 0.933. The van der Waals surface area contributed by atoms with Crippen LogP contribution in [-0.2, 0) is 4.74 Å². The summed E-state index contributed by atoms with van der Waals surface area (Å²) in [6.45, 7) is 10.6. The van der Waals surface area contributed by atoms with Crippen LogP contribution in [0.3, 0.4) is 0 Å². The van der Waals surface area contributed by atoms with E-state index in [0.29, 0.717) is 12.6 Å². The Hall–Kier alpha value is -0.420. The predicted molar refractivity (Wildman–Crippen MR) is 86.4 cm³/mol. The average molecular weight is 302 g/mol. The van der Waals surface area contributed by atoms with Gasteiger partial charge in [-0.1, -0.05) is 6.92 Å². The van der Waals surface area contributed by atoms with E-state index in [2.05, 4.69) is 36.2 Å². The normalized spacial score (nSPS) is 24.4. The van der Waals surface area contributed by atoms with Crippen LogP contribution < -0.4 is 10.6 Å². The minimum Gasteiger partial charge on any atom is -0.444 e. The van der Waals surface area contributed by atoms with Crippen molar-refractivity contribution >= 4 is 17.9 Å². The van der Waals surface area contributed by atoms with E-state index >= 15 is 0 Å². The third-order valence-corrected chi connectivity index (χ3v) is 4.49. The number of hydrogen-bond donors (Lipinski definition) is 2. The van der Waals surface area contributed by atoms with E-state index in [0.717, 1.165) is 5.25 Å². The van der Waals surface area contributed by atoms with Crippen molar-refractivity contribution in [3.8, 4) is 0 Å². The van der Waals surface area contributed by atoms with E-state index in [1.165, 1.54) is 25.0 Å². The summed E-state index contributed by atoms with van der Waals surface area (Å²) < 4.78 is 5.23. The summed E-state index contributed by atoms with van der Waals surface area (Å²) in [4.78, 5) is 11.6. The van der Waals surface area contributed by atoms with Crippen LogP contribution in [0, 0.1) is 0 Å². The summed E-state index contributed by atoms with van der Waals surface area (Å²) in [5.74, 6) is 1.20. The lowest BCUT2D eigenvalue weighted by Crippen LogP contribution is -2.44. The average Bonchev–Trinajstić information content (AvgIpc) is 2.72. The van der Waals surface area contributed by atoms with Crippen LogP contribution in [0.4, 0.5) is 4.79 Å². The lowest BCUT2D eigenvalue weighted by Gasteiger charge is -2.23. The number of nitrogens with one attached hydrogen (secondary N) is 2. The quantitative estimate of drug-likeness (QED) is 0.791. The SMILES string of the molecule is CCSC1CCC(NC(C)CNC(=O)OC(C)(C)C)C1. The topological polar surface area (TPSA) is 50.4 Å². The van der Waals surface area contributed by atoms with Gasteiger partial charge in [-0.15, -0.1) is 0 Å². The van der Waals surface area contributed by atoms with Crippen molar-refractivity contribution in [2.45, 2.75) is 76.8 Å². The maximum absolute atomic E-state index is 11.6. The molecule has 1 aliphatic carbocycles. The minimum atomic E-state index is -0.434. The lowest BCUT2D eigenvalue weighted by atomic mass is 10.2. The Labute approximate surface area is 127 Å². The van der Waals surface area contributed by atoms with Crippen molar-refractivity contribution in [3.63, 3.8) is 0 Å². The van der Waals surface area contributed by atoms with E-state index in [1.807, 2.05) is 20.8 Å². The first-order valence-corrected chi connectivity index (χ1v) is 8.69. The Morgan fingerprint density at radius 2 is 2.10 bits per heavy atom. The molecule has 0 saturated heterocycles. The predicted octanol–water partition coefficient (Wildman–Crippen LogP) is 3.16. The van der Waals surface area contributed by atoms with E-state index in [-0.39, 0.29) is 12.1 Å². The van der Waals surface area contributed by atoms with Gasteiger partial charge < -0.3 is 15.4 Å². The Kier molecular flexibility index (Phi) is 7.17. The lowest BCUT2D eigenvalue weighted by molar-refractivity contribution is 0.0522. The Morgan fingerprint density at radius 3 is 2.70 bits per heavy atom. The highest BCUT2D eigenvalue weighted by molar-refractivity contribution is 7.99. The Morgan fingerprint density at radius 1 is 1.40 bits per heavy atom. The summed E-state index contributed by atoms with van der Waals surface area (Å²) in [5, 5.41) is 7.23. The second-order valence-corrected chi connectivity index (χ2v) is 8.12. The maximum Gasteiger partial charge on any atom is 0.407 e. The molecule has 1 saturated carbocycles. The molecule has 20 heavy (non-hydrogen) atoms. The number of carbonyl (C=O) groups is 1. The van der Waals surface area contributed by atoms with Gasteiger partial charge >= 0.3 is 6.09 Å². The highest BCUT2D eigenvalue weighted by Crippen LogP contribution is 2.29. The number of rotatable bonds is 6. The number of hydrogen-bond acceptors (Lipinski definition) is 4. The number of ether oxygens (including phenoxy) is 1. The summed E-state index contributed by atoms with van der Waals surface area (Å²) >= 11 is 2.06. The molecule has 0 radical (unpaired) electrons. The fourth-order valence-corrected chi connectivity index (χ4v) is 3.63. The number of thioether (sulfide) groups is 1. The van der Waals surface area contributed by atoms with Gasteiger partial charge in [-0.25, -0.2) is 4.79 Å². The molecular weight excluding hydrogens is 272 g/mol. The zero-order valence-corrected chi connectivity index (χ0v) is 14.3. The molecule has 0 aromatic heterocycles. The molecule has 5 heteroatoms. The summed E-state index contributed by atoms with van der Waals surface area (Å²) in [7, 11) is 0. The summed E-state index contributed by atoms with van der Waals surface area (Å²) in [5.41, 5.74) is -0.434. The molecule has 4 nitrogen and oxygen atoms in total. The van der Waals surface area contributed by atoms with Crippen LogP contribution in [0.1, 0.15) is 53.9 Å². The van der Waals surface area contributed by atoms with Gasteiger partial charge in [0.05, 0.1) is 0 Å². The molecule has 1 fully saturated rings. The van der Waals surface area contributed by atoms with Crippen LogP contribution in [0.15, 0.2) is 0 Å². The largest absolute Gasteiger partial charge is 0.444 e. The van der Waals surface area contributed by atoms with Crippen molar-refractivity contribution in [3.05, 3.63) is 0 Å².